The van der Waals surface area contributed by atoms with Crippen LogP contribution >= 0.6 is 7.92 Å². The van der Waals surface area contributed by atoms with Crippen molar-refractivity contribution < 1.29 is 0 Å². The van der Waals surface area contributed by atoms with Crippen LogP contribution < -0.4 is 10.6 Å². The van der Waals surface area contributed by atoms with Gasteiger partial charge in [-0.05, 0) is 42.9 Å². The molecule has 1 heteroatoms. The normalized spacial score (nSPS) is 11.8. The second-order valence-corrected chi connectivity index (χ2v) is 10.9. The van der Waals surface area contributed by atoms with Crippen molar-refractivity contribution in [1.29, 1.82) is 0 Å². The summed E-state index contributed by atoms with van der Waals surface area (Å²) < 4.78 is 0. The molecule has 0 aromatic heterocycles. The Kier molecular flexibility index (Phi) is 9.41. The zero-order valence-electron chi connectivity index (χ0n) is 17.1. The largest absolute Gasteiger partial charge is 0.0622 e. The predicted molar refractivity (Wildman–Crippen MR) is 120 cm³/mol. The number of hydrogen-bond donors (Lipinski definition) is 0. The van der Waals surface area contributed by atoms with Gasteiger partial charge < -0.3 is 0 Å². The van der Waals surface area contributed by atoms with Crippen molar-refractivity contribution in [3.05, 3.63) is 60.7 Å². The standard InChI is InChI=1S/C25H37P/c1-25(2,3)21-15-7-5-4-6-8-16-22-26(23-17-11-9-12-18-23)24-19-13-10-14-20-24/h9-14,17-20H,4-8,15-16,21-22H2,1-3H3. The van der Waals surface area contributed by atoms with Crippen molar-refractivity contribution in [1.82, 2.24) is 0 Å². The Morgan fingerprint density at radius 1 is 0.577 bits per heavy atom. The van der Waals surface area contributed by atoms with Gasteiger partial charge in [-0.3, -0.25) is 0 Å². The van der Waals surface area contributed by atoms with E-state index in [1.54, 1.807) is 0 Å². The van der Waals surface area contributed by atoms with Crippen LogP contribution in [0.4, 0.5) is 0 Å². The summed E-state index contributed by atoms with van der Waals surface area (Å²) in [7, 11) is -0.194. The molecule has 26 heavy (non-hydrogen) atoms. The Labute approximate surface area is 163 Å². The second-order valence-electron chi connectivity index (χ2n) is 8.61. The van der Waals surface area contributed by atoms with E-state index in [9.17, 15) is 0 Å². The van der Waals surface area contributed by atoms with E-state index >= 15 is 0 Å². The third-order valence-electron chi connectivity index (χ3n) is 4.94. The minimum atomic E-state index is -0.194. The van der Waals surface area contributed by atoms with E-state index in [4.69, 9.17) is 0 Å². The molecule has 0 saturated heterocycles. The lowest BCUT2D eigenvalue weighted by Gasteiger charge is -2.19. The number of rotatable bonds is 11. The SMILES string of the molecule is CC(C)(C)CCCCCCCCCP(c1ccccc1)c1ccccc1. The lowest BCUT2D eigenvalue weighted by molar-refractivity contribution is 0.356. The fourth-order valence-corrected chi connectivity index (χ4v) is 5.85. The molecular formula is C25H37P. The maximum Gasteiger partial charge on any atom is -0.0195 e. The minimum absolute atomic E-state index is 0.194. The summed E-state index contributed by atoms with van der Waals surface area (Å²) in [6.45, 7) is 7.06. The fraction of sp³-hybridized carbons (Fsp3) is 0.520. The zero-order chi connectivity index (χ0) is 18.7. The average Bonchev–Trinajstić information content (AvgIpc) is 2.64. The smallest absolute Gasteiger partial charge is 0.0195 e. The summed E-state index contributed by atoms with van der Waals surface area (Å²) in [5.41, 5.74) is 0.506. The molecule has 0 atom stereocenters. The van der Waals surface area contributed by atoms with Crippen LogP contribution in [0.25, 0.3) is 0 Å². The summed E-state index contributed by atoms with van der Waals surface area (Å²) in [4.78, 5) is 0. The van der Waals surface area contributed by atoms with Crippen molar-refractivity contribution in [3.8, 4) is 0 Å². The maximum absolute atomic E-state index is 2.35. The third kappa shape index (κ3) is 8.50. The van der Waals surface area contributed by atoms with E-state index in [-0.39, 0.29) is 7.92 Å². The molecule has 0 bridgehead atoms. The number of hydrogen-bond acceptors (Lipinski definition) is 0. The molecule has 2 aromatic rings. The van der Waals surface area contributed by atoms with Crippen molar-refractivity contribution in [3.63, 3.8) is 0 Å². The first-order chi connectivity index (χ1) is 12.6. The maximum atomic E-state index is 2.35. The summed E-state index contributed by atoms with van der Waals surface area (Å²) in [6.07, 6.45) is 12.5. The molecule has 0 amide bonds. The van der Waals surface area contributed by atoms with Gasteiger partial charge >= 0.3 is 0 Å². The van der Waals surface area contributed by atoms with Gasteiger partial charge in [-0.25, -0.2) is 0 Å². The molecule has 0 radical (unpaired) electrons. The highest BCUT2D eigenvalue weighted by atomic mass is 31.1. The van der Waals surface area contributed by atoms with Crippen LogP contribution in [0.1, 0.15) is 72.1 Å². The fourth-order valence-electron chi connectivity index (χ4n) is 3.43. The van der Waals surface area contributed by atoms with Gasteiger partial charge in [0.25, 0.3) is 0 Å². The van der Waals surface area contributed by atoms with Crippen LogP contribution in [-0.4, -0.2) is 6.16 Å². The van der Waals surface area contributed by atoms with Crippen LogP contribution in [0.5, 0.6) is 0 Å². The topological polar surface area (TPSA) is 0 Å². The summed E-state index contributed by atoms with van der Waals surface area (Å²) in [5, 5.41) is 3.05. The molecule has 0 fully saturated rings. The van der Waals surface area contributed by atoms with E-state index in [2.05, 4.69) is 81.4 Å². The predicted octanol–water partition coefficient (Wildman–Crippen LogP) is 7.29. The summed E-state index contributed by atoms with van der Waals surface area (Å²) in [6, 6.07) is 22.2. The van der Waals surface area contributed by atoms with Crippen molar-refractivity contribution in [2.24, 2.45) is 5.41 Å². The molecule has 2 rings (SSSR count). The Balaban J connectivity index is 1.69. The lowest BCUT2D eigenvalue weighted by atomic mass is 9.89. The molecule has 2 aromatic carbocycles. The third-order valence-corrected chi connectivity index (χ3v) is 7.55. The first-order valence-electron chi connectivity index (χ1n) is 10.4. The highest BCUT2D eigenvalue weighted by Gasteiger charge is 2.12. The number of unbranched alkanes of at least 4 members (excludes halogenated alkanes) is 6. The van der Waals surface area contributed by atoms with Gasteiger partial charge in [-0.15, -0.1) is 0 Å². The molecule has 0 aliphatic rings. The number of benzene rings is 2. The summed E-state index contributed by atoms with van der Waals surface area (Å²) in [5.74, 6) is 0. The van der Waals surface area contributed by atoms with Gasteiger partial charge in [0.1, 0.15) is 0 Å². The second kappa shape index (κ2) is 11.6. The molecule has 0 aliphatic carbocycles. The van der Waals surface area contributed by atoms with E-state index in [1.807, 2.05) is 0 Å². The summed E-state index contributed by atoms with van der Waals surface area (Å²) >= 11 is 0. The Hall–Kier alpha value is -1.13. The van der Waals surface area contributed by atoms with E-state index in [0.717, 1.165) is 0 Å². The minimum Gasteiger partial charge on any atom is -0.0622 e. The van der Waals surface area contributed by atoms with Gasteiger partial charge in [-0.1, -0.05) is 120 Å². The van der Waals surface area contributed by atoms with Crippen molar-refractivity contribution in [2.45, 2.75) is 72.1 Å². The molecule has 0 heterocycles. The van der Waals surface area contributed by atoms with E-state index in [0.29, 0.717) is 5.41 Å². The molecule has 0 aliphatic heterocycles. The molecule has 0 saturated carbocycles. The monoisotopic (exact) mass is 368 g/mol. The highest BCUT2D eigenvalue weighted by molar-refractivity contribution is 7.73. The Bertz CT molecular complexity index is 543. The first kappa shape index (κ1) is 21.2. The van der Waals surface area contributed by atoms with Crippen molar-refractivity contribution >= 4 is 18.5 Å². The zero-order valence-corrected chi connectivity index (χ0v) is 18.0. The van der Waals surface area contributed by atoms with Crippen LogP contribution in [0, 0.1) is 5.41 Å². The Morgan fingerprint density at radius 3 is 1.46 bits per heavy atom. The molecule has 0 N–H and O–H groups in total. The van der Waals surface area contributed by atoms with E-state index < -0.39 is 0 Å². The molecule has 0 spiro atoms. The van der Waals surface area contributed by atoms with Gasteiger partial charge in [0, 0.05) is 0 Å². The van der Waals surface area contributed by atoms with Gasteiger partial charge in [0.15, 0.2) is 0 Å². The van der Waals surface area contributed by atoms with Crippen molar-refractivity contribution in [2.75, 3.05) is 6.16 Å². The lowest BCUT2D eigenvalue weighted by Crippen LogP contribution is -2.13. The van der Waals surface area contributed by atoms with Crippen LogP contribution in [0.3, 0.4) is 0 Å². The Morgan fingerprint density at radius 2 is 1.00 bits per heavy atom. The quantitative estimate of drug-likeness (QED) is 0.289. The molecule has 0 unspecified atom stereocenters. The average molecular weight is 369 g/mol. The first-order valence-corrected chi connectivity index (χ1v) is 12.0. The van der Waals surface area contributed by atoms with Gasteiger partial charge in [0.2, 0.25) is 0 Å². The molecular weight excluding hydrogens is 331 g/mol. The van der Waals surface area contributed by atoms with Gasteiger partial charge in [-0.2, -0.15) is 0 Å². The van der Waals surface area contributed by atoms with Crippen LogP contribution in [0.2, 0.25) is 0 Å². The van der Waals surface area contributed by atoms with Gasteiger partial charge in [0.05, 0.1) is 0 Å². The van der Waals surface area contributed by atoms with Crippen LogP contribution in [-0.2, 0) is 0 Å². The molecule has 0 nitrogen and oxygen atoms in total. The van der Waals surface area contributed by atoms with Crippen LogP contribution in [0.15, 0.2) is 60.7 Å². The molecule has 142 valence electrons. The van der Waals surface area contributed by atoms with E-state index in [1.165, 1.54) is 68.1 Å². The highest BCUT2D eigenvalue weighted by Crippen LogP contribution is 2.34.